The Hall–Kier alpha value is -2.87. The van der Waals surface area contributed by atoms with E-state index in [9.17, 15) is 9.18 Å². The number of carbonyl (C=O) groups excluding carboxylic acids is 1. The van der Waals surface area contributed by atoms with E-state index in [-0.39, 0.29) is 5.91 Å². The maximum atomic E-state index is 13.3. The third-order valence-electron chi connectivity index (χ3n) is 3.87. The molecule has 2 heterocycles. The summed E-state index contributed by atoms with van der Waals surface area (Å²) in [5.41, 5.74) is 1.25. The van der Waals surface area contributed by atoms with Crippen LogP contribution in [-0.2, 0) is 11.3 Å². The minimum atomic E-state index is -0.459. The molecule has 140 valence electrons. The number of carbonyl (C=O) groups is 1. The molecule has 8 heteroatoms. The lowest BCUT2D eigenvalue weighted by atomic mass is 10.2. The number of allylic oxidation sites excluding steroid dienone is 1. The van der Waals surface area contributed by atoms with Gasteiger partial charge in [-0.05, 0) is 38.1 Å². The van der Waals surface area contributed by atoms with E-state index in [4.69, 9.17) is 4.42 Å². The zero-order valence-corrected chi connectivity index (χ0v) is 15.8. The number of aryl methyl sites for hydroxylation is 1. The average molecular weight is 386 g/mol. The van der Waals surface area contributed by atoms with E-state index in [2.05, 4.69) is 22.1 Å². The fraction of sp³-hybridized carbons (Fsp3) is 0.211. The minimum absolute atomic E-state index is 0.250. The van der Waals surface area contributed by atoms with Crippen LogP contribution in [0.15, 0.2) is 58.8 Å². The van der Waals surface area contributed by atoms with Crippen LogP contribution in [0.1, 0.15) is 12.7 Å². The van der Waals surface area contributed by atoms with Crippen molar-refractivity contribution in [3.05, 3.63) is 60.8 Å². The fourth-order valence-electron chi connectivity index (χ4n) is 2.51. The molecule has 0 aliphatic rings. The quantitative estimate of drug-likeness (QED) is 0.484. The van der Waals surface area contributed by atoms with Crippen molar-refractivity contribution in [3.8, 4) is 11.4 Å². The highest BCUT2D eigenvalue weighted by atomic mass is 32.2. The van der Waals surface area contributed by atoms with Crippen molar-refractivity contribution in [2.45, 2.75) is 30.8 Å². The highest BCUT2D eigenvalue weighted by Gasteiger charge is 2.22. The maximum Gasteiger partial charge on any atom is 0.237 e. The zero-order chi connectivity index (χ0) is 19.4. The molecule has 2 aromatic heterocycles. The van der Waals surface area contributed by atoms with Gasteiger partial charge in [0, 0.05) is 12.2 Å². The summed E-state index contributed by atoms with van der Waals surface area (Å²) in [4.78, 5) is 12.4. The number of nitrogens with one attached hydrogen (secondary N) is 1. The number of hydrogen-bond acceptors (Lipinski definition) is 5. The van der Waals surface area contributed by atoms with Crippen LogP contribution in [0.4, 0.5) is 10.1 Å². The van der Waals surface area contributed by atoms with Crippen molar-refractivity contribution in [3.63, 3.8) is 0 Å². The summed E-state index contributed by atoms with van der Waals surface area (Å²) in [6.07, 6.45) is 3.34. The van der Waals surface area contributed by atoms with Crippen LogP contribution in [0, 0.1) is 12.7 Å². The second-order valence-corrected chi connectivity index (χ2v) is 7.16. The summed E-state index contributed by atoms with van der Waals surface area (Å²) in [5, 5.41) is 11.3. The number of rotatable bonds is 7. The SMILES string of the molecule is C=CCn1c(SC(C)C(=O)Nc2cccc(F)c2)nnc1-c1ccoc1C. The van der Waals surface area contributed by atoms with E-state index in [0.29, 0.717) is 23.2 Å². The molecule has 0 aliphatic heterocycles. The van der Waals surface area contributed by atoms with E-state index in [1.807, 2.05) is 17.6 Å². The number of aromatic nitrogens is 3. The lowest BCUT2D eigenvalue weighted by Gasteiger charge is -2.13. The number of hydrogen-bond donors (Lipinski definition) is 1. The van der Waals surface area contributed by atoms with Gasteiger partial charge in [0.15, 0.2) is 11.0 Å². The lowest BCUT2D eigenvalue weighted by Crippen LogP contribution is -2.23. The Labute approximate surface area is 160 Å². The first-order chi connectivity index (χ1) is 13.0. The van der Waals surface area contributed by atoms with Gasteiger partial charge in [-0.3, -0.25) is 9.36 Å². The molecule has 3 aromatic rings. The number of amides is 1. The molecule has 0 aliphatic carbocycles. The van der Waals surface area contributed by atoms with Gasteiger partial charge in [-0.2, -0.15) is 0 Å². The number of nitrogens with zero attached hydrogens (tertiary/aromatic N) is 3. The van der Waals surface area contributed by atoms with Gasteiger partial charge < -0.3 is 9.73 Å². The molecule has 6 nitrogen and oxygen atoms in total. The van der Waals surface area contributed by atoms with Gasteiger partial charge in [0.05, 0.1) is 17.1 Å². The van der Waals surface area contributed by atoms with Gasteiger partial charge in [0.25, 0.3) is 0 Å². The molecular weight excluding hydrogens is 367 g/mol. The van der Waals surface area contributed by atoms with Crippen LogP contribution in [0.2, 0.25) is 0 Å². The first-order valence-electron chi connectivity index (χ1n) is 8.31. The molecule has 1 aromatic carbocycles. The van der Waals surface area contributed by atoms with Crippen molar-refractivity contribution in [1.29, 1.82) is 0 Å². The van der Waals surface area contributed by atoms with Crippen molar-refractivity contribution in [2.24, 2.45) is 0 Å². The summed E-state index contributed by atoms with van der Waals surface area (Å²) < 4.78 is 20.5. The normalized spacial score (nSPS) is 12.0. The van der Waals surface area contributed by atoms with Gasteiger partial charge >= 0.3 is 0 Å². The maximum absolute atomic E-state index is 13.3. The summed E-state index contributed by atoms with van der Waals surface area (Å²) in [6, 6.07) is 7.61. The predicted molar refractivity (Wildman–Crippen MR) is 103 cm³/mol. The molecule has 1 atom stereocenters. The third-order valence-corrected chi connectivity index (χ3v) is 4.95. The van der Waals surface area contributed by atoms with Crippen LogP contribution >= 0.6 is 11.8 Å². The van der Waals surface area contributed by atoms with Gasteiger partial charge in [-0.25, -0.2) is 4.39 Å². The monoisotopic (exact) mass is 386 g/mol. The van der Waals surface area contributed by atoms with Gasteiger partial charge in [-0.1, -0.05) is 23.9 Å². The number of halogens is 1. The van der Waals surface area contributed by atoms with Crippen LogP contribution in [0.25, 0.3) is 11.4 Å². The largest absolute Gasteiger partial charge is 0.469 e. The summed E-state index contributed by atoms with van der Waals surface area (Å²) in [5.74, 6) is 0.737. The van der Waals surface area contributed by atoms with E-state index in [0.717, 1.165) is 11.3 Å². The Morgan fingerprint density at radius 3 is 2.93 bits per heavy atom. The Morgan fingerprint density at radius 2 is 2.26 bits per heavy atom. The first-order valence-corrected chi connectivity index (χ1v) is 9.19. The Bertz CT molecular complexity index is 966. The molecule has 0 saturated carbocycles. The van der Waals surface area contributed by atoms with Crippen LogP contribution < -0.4 is 5.32 Å². The fourth-order valence-corrected chi connectivity index (χ4v) is 3.37. The Morgan fingerprint density at radius 1 is 1.44 bits per heavy atom. The molecule has 0 bridgehead atoms. The van der Waals surface area contributed by atoms with E-state index < -0.39 is 11.1 Å². The summed E-state index contributed by atoms with van der Waals surface area (Å²) in [7, 11) is 0. The van der Waals surface area contributed by atoms with E-state index in [1.165, 1.54) is 23.9 Å². The molecule has 1 amide bonds. The first kappa shape index (κ1) is 18.9. The topological polar surface area (TPSA) is 73.0 Å². The van der Waals surface area contributed by atoms with Crippen LogP contribution in [0.3, 0.4) is 0 Å². The van der Waals surface area contributed by atoms with Gasteiger partial charge in [-0.15, -0.1) is 16.8 Å². The molecule has 0 fully saturated rings. The van der Waals surface area contributed by atoms with Crippen LogP contribution in [-0.4, -0.2) is 25.9 Å². The van der Waals surface area contributed by atoms with E-state index in [1.54, 1.807) is 31.4 Å². The lowest BCUT2D eigenvalue weighted by molar-refractivity contribution is -0.115. The highest BCUT2D eigenvalue weighted by molar-refractivity contribution is 8.00. The van der Waals surface area contributed by atoms with Crippen LogP contribution in [0.5, 0.6) is 0 Å². The molecule has 3 rings (SSSR count). The Balaban J connectivity index is 1.78. The van der Waals surface area contributed by atoms with Crippen molar-refractivity contribution >= 4 is 23.4 Å². The standard InChI is InChI=1S/C19H19FN4O2S/c1-4-9-24-17(16-8-10-26-12(16)2)22-23-19(24)27-13(3)18(25)21-15-7-5-6-14(20)11-15/h4-8,10-11,13H,1,9H2,2-3H3,(H,21,25). The number of thioether (sulfide) groups is 1. The second-order valence-electron chi connectivity index (χ2n) is 5.86. The number of benzene rings is 1. The second kappa shape index (κ2) is 8.22. The van der Waals surface area contributed by atoms with Crippen molar-refractivity contribution in [2.75, 3.05) is 5.32 Å². The molecule has 0 spiro atoms. The van der Waals surface area contributed by atoms with Crippen molar-refractivity contribution in [1.82, 2.24) is 14.8 Å². The number of anilines is 1. The van der Waals surface area contributed by atoms with E-state index >= 15 is 0 Å². The highest BCUT2D eigenvalue weighted by Crippen LogP contribution is 2.29. The average Bonchev–Trinajstić information content (AvgIpc) is 3.21. The minimum Gasteiger partial charge on any atom is -0.469 e. The predicted octanol–water partition coefficient (Wildman–Crippen LogP) is 4.29. The smallest absolute Gasteiger partial charge is 0.237 e. The number of furan rings is 1. The van der Waals surface area contributed by atoms with Gasteiger partial charge in [0.2, 0.25) is 5.91 Å². The molecular formula is C19H19FN4O2S. The molecule has 0 radical (unpaired) electrons. The zero-order valence-electron chi connectivity index (χ0n) is 15.0. The molecule has 0 saturated heterocycles. The molecule has 1 unspecified atom stereocenters. The molecule has 27 heavy (non-hydrogen) atoms. The Kier molecular flexibility index (Phi) is 5.75. The van der Waals surface area contributed by atoms with Crippen molar-refractivity contribution < 1.29 is 13.6 Å². The third kappa shape index (κ3) is 4.28. The molecule has 1 N–H and O–H groups in total. The summed E-state index contributed by atoms with van der Waals surface area (Å²) in [6.45, 7) is 7.88. The summed E-state index contributed by atoms with van der Waals surface area (Å²) >= 11 is 1.27. The van der Waals surface area contributed by atoms with Gasteiger partial charge in [0.1, 0.15) is 11.6 Å².